The van der Waals surface area contributed by atoms with E-state index in [0.29, 0.717) is 18.0 Å². The second-order valence-electron chi connectivity index (χ2n) is 5.60. The third-order valence-corrected chi connectivity index (χ3v) is 3.44. The van der Waals surface area contributed by atoms with E-state index in [2.05, 4.69) is 29.0 Å². The van der Waals surface area contributed by atoms with Gasteiger partial charge in [0.25, 0.3) is 6.01 Å². The van der Waals surface area contributed by atoms with E-state index in [1.807, 2.05) is 7.05 Å². The average Bonchev–Trinajstić information content (AvgIpc) is 2.87. The summed E-state index contributed by atoms with van der Waals surface area (Å²) in [6, 6.07) is 1.19. The summed E-state index contributed by atoms with van der Waals surface area (Å²) in [6.07, 6.45) is 3.83. The van der Waals surface area contributed by atoms with Gasteiger partial charge in [0.05, 0.1) is 5.69 Å². The van der Waals surface area contributed by atoms with Gasteiger partial charge in [0.1, 0.15) is 6.26 Å². The van der Waals surface area contributed by atoms with Crippen molar-refractivity contribution in [3.63, 3.8) is 0 Å². The minimum Gasteiger partial charge on any atom is -0.432 e. The van der Waals surface area contributed by atoms with Crippen LogP contribution >= 0.6 is 0 Å². The summed E-state index contributed by atoms with van der Waals surface area (Å²) >= 11 is 0. The highest BCUT2D eigenvalue weighted by atomic mass is 16.5. The van der Waals surface area contributed by atoms with E-state index in [0.717, 1.165) is 44.8 Å². The third-order valence-electron chi connectivity index (χ3n) is 3.44. The zero-order chi connectivity index (χ0) is 13.7. The molecule has 0 aromatic carbocycles. The molecule has 1 aromatic heterocycles. The lowest BCUT2D eigenvalue weighted by Gasteiger charge is -2.29. The zero-order valence-electron chi connectivity index (χ0n) is 12.2. The number of hydrogen-bond donors (Lipinski definition) is 1. The molecule has 0 bridgehead atoms. The number of hydrogen-bond acceptors (Lipinski definition) is 5. The summed E-state index contributed by atoms with van der Waals surface area (Å²) < 4.78 is 10.9. The molecular formula is C14H25N3O2. The smallest absolute Gasteiger partial charge is 0.297 e. The van der Waals surface area contributed by atoms with Gasteiger partial charge in [-0.05, 0) is 25.3 Å². The van der Waals surface area contributed by atoms with Crippen LogP contribution in [0.1, 0.15) is 32.4 Å². The maximum atomic E-state index is 5.57. The third kappa shape index (κ3) is 4.21. The van der Waals surface area contributed by atoms with Crippen LogP contribution in [0, 0.1) is 5.92 Å². The molecule has 5 heteroatoms. The fourth-order valence-electron chi connectivity index (χ4n) is 2.26. The van der Waals surface area contributed by atoms with Gasteiger partial charge in [0, 0.05) is 32.8 Å². The van der Waals surface area contributed by atoms with Gasteiger partial charge in [-0.15, -0.1) is 0 Å². The predicted molar refractivity (Wildman–Crippen MR) is 75.3 cm³/mol. The molecular weight excluding hydrogens is 242 g/mol. The maximum absolute atomic E-state index is 5.57. The van der Waals surface area contributed by atoms with E-state index in [-0.39, 0.29) is 0 Å². The van der Waals surface area contributed by atoms with E-state index in [4.69, 9.17) is 9.15 Å². The average molecular weight is 267 g/mol. The zero-order valence-corrected chi connectivity index (χ0v) is 12.2. The normalized spacial score (nSPS) is 17.1. The van der Waals surface area contributed by atoms with Crippen molar-refractivity contribution in [3.8, 4) is 0 Å². The van der Waals surface area contributed by atoms with Crippen LogP contribution in [-0.4, -0.2) is 37.8 Å². The topological polar surface area (TPSA) is 50.5 Å². The van der Waals surface area contributed by atoms with Gasteiger partial charge in [-0.25, -0.2) is 0 Å². The molecule has 1 N–H and O–H groups in total. The van der Waals surface area contributed by atoms with Gasteiger partial charge in [0.2, 0.25) is 0 Å². The van der Waals surface area contributed by atoms with Gasteiger partial charge < -0.3 is 19.4 Å². The number of anilines is 1. The van der Waals surface area contributed by atoms with Gasteiger partial charge in [-0.2, -0.15) is 4.98 Å². The highest BCUT2D eigenvalue weighted by Crippen LogP contribution is 2.20. The van der Waals surface area contributed by atoms with Crippen LogP contribution in [0.3, 0.4) is 0 Å². The fourth-order valence-corrected chi connectivity index (χ4v) is 2.26. The van der Waals surface area contributed by atoms with Crippen LogP contribution in [0.15, 0.2) is 10.7 Å². The number of oxazole rings is 1. The largest absolute Gasteiger partial charge is 0.432 e. The molecule has 1 aromatic rings. The van der Waals surface area contributed by atoms with Crippen molar-refractivity contribution in [1.29, 1.82) is 0 Å². The molecule has 0 aliphatic carbocycles. The molecule has 1 aliphatic heterocycles. The summed E-state index contributed by atoms with van der Waals surface area (Å²) in [4.78, 5) is 6.67. The Labute approximate surface area is 115 Å². The van der Waals surface area contributed by atoms with Crippen molar-refractivity contribution in [2.24, 2.45) is 5.92 Å². The van der Waals surface area contributed by atoms with E-state index in [9.17, 15) is 0 Å². The molecule has 1 saturated heterocycles. The quantitative estimate of drug-likeness (QED) is 0.854. The summed E-state index contributed by atoms with van der Waals surface area (Å²) in [5.41, 5.74) is 0.967. The summed E-state index contributed by atoms with van der Waals surface area (Å²) in [7, 11) is 2.05. The molecule has 0 amide bonds. The second-order valence-corrected chi connectivity index (χ2v) is 5.60. The van der Waals surface area contributed by atoms with Crippen molar-refractivity contribution in [2.45, 2.75) is 39.3 Å². The molecule has 2 rings (SSSR count). The van der Waals surface area contributed by atoms with Gasteiger partial charge in [-0.3, -0.25) is 0 Å². The van der Waals surface area contributed by atoms with Crippen LogP contribution in [0.5, 0.6) is 0 Å². The Hall–Kier alpha value is -1.07. The first kappa shape index (κ1) is 14.3. The summed E-state index contributed by atoms with van der Waals surface area (Å²) in [5.74, 6) is 0.649. The highest BCUT2D eigenvalue weighted by Gasteiger charge is 2.21. The Balaban J connectivity index is 1.85. The van der Waals surface area contributed by atoms with Crippen LogP contribution in [0.4, 0.5) is 6.01 Å². The van der Waals surface area contributed by atoms with E-state index >= 15 is 0 Å². The first-order valence-corrected chi connectivity index (χ1v) is 7.12. The lowest BCUT2D eigenvalue weighted by atomic mass is 10.1. The number of rotatable bonds is 6. The molecule has 108 valence electrons. The van der Waals surface area contributed by atoms with Crippen molar-refractivity contribution in [2.75, 3.05) is 31.7 Å². The summed E-state index contributed by atoms with van der Waals surface area (Å²) in [5, 5.41) is 3.37. The predicted octanol–water partition coefficient (Wildman–Crippen LogP) is 2.04. The number of nitrogens with one attached hydrogen (secondary N) is 1. The Morgan fingerprint density at radius 3 is 2.84 bits per heavy atom. The standard InChI is InChI=1S/C14H25N3O2/c1-11(2)8-15-9-12-10-19-14(16-12)17(3)13-4-6-18-7-5-13/h10-11,13,15H,4-9H2,1-3H3. The monoisotopic (exact) mass is 267 g/mol. The lowest BCUT2D eigenvalue weighted by molar-refractivity contribution is 0.0846. The molecule has 0 unspecified atom stereocenters. The Morgan fingerprint density at radius 1 is 1.42 bits per heavy atom. The number of ether oxygens (including phenoxy) is 1. The van der Waals surface area contributed by atoms with E-state index in [1.165, 1.54) is 0 Å². The van der Waals surface area contributed by atoms with Crippen LogP contribution in [0.2, 0.25) is 0 Å². The van der Waals surface area contributed by atoms with Crippen molar-refractivity contribution >= 4 is 6.01 Å². The molecule has 19 heavy (non-hydrogen) atoms. The minimum absolute atomic E-state index is 0.476. The molecule has 0 radical (unpaired) electrons. The Bertz CT molecular complexity index is 373. The van der Waals surface area contributed by atoms with Gasteiger partial charge in [-0.1, -0.05) is 13.8 Å². The molecule has 0 saturated carbocycles. The van der Waals surface area contributed by atoms with Crippen molar-refractivity contribution in [1.82, 2.24) is 10.3 Å². The molecule has 0 atom stereocenters. The SMILES string of the molecule is CC(C)CNCc1coc(N(C)C2CCOCC2)n1. The Morgan fingerprint density at radius 2 is 2.16 bits per heavy atom. The Kier molecular flexibility index (Phi) is 5.22. The number of aromatic nitrogens is 1. The summed E-state index contributed by atoms with van der Waals surface area (Å²) in [6.45, 7) is 7.82. The van der Waals surface area contributed by atoms with Gasteiger partial charge in [0.15, 0.2) is 0 Å². The second kappa shape index (κ2) is 6.91. The van der Waals surface area contributed by atoms with E-state index in [1.54, 1.807) is 6.26 Å². The first-order valence-electron chi connectivity index (χ1n) is 7.12. The first-order chi connectivity index (χ1) is 9.16. The van der Waals surface area contributed by atoms with Crippen LogP contribution in [0.25, 0.3) is 0 Å². The molecule has 5 nitrogen and oxygen atoms in total. The lowest BCUT2D eigenvalue weighted by Crippen LogP contribution is -2.36. The molecule has 0 spiro atoms. The van der Waals surface area contributed by atoms with Gasteiger partial charge >= 0.3 is 0 Å². The van der Waals surface area contributed by atoms with Crippen LogP contribution in [-0.2, 0) is 11.3 Å². The van der Waals surface area contributed by atoms with Crippen molar-refractivity contribution < 1.29 is 9.15 Å². The van der Waals surface area contributed by atoms with Crippen LogP contribution < -0.4 is 10.2 Å². The van der Waals surface area contributed by atoms with E-state index < -0.39 is 0 Å². The minimum atomic E-state index is 0.476. The molecule has 1 aliphatic rings. The van der Waals surface area contributed by atoms with Crippen molar-refractivity contribution in [3.05, 3.63) is 12.0 Å². The molecule has 1 fully saturated rings. The maximum Gasteiger partial charge on any atom is 0.297 e. The highest BCUT2D eigenvalue weighted by molar-refractivity contribution is 5.27. The fraction of sp³-hybridized carbons (Fsp3) is 0.786. The molecule has 2 heterocycles. The number of nitrogens with zero attached hydrogens (tertiary/aromatic N) is 2.